The van der Waals surface area contributed by atoms with Crippen molar-refractivity contribution in [3.8, 4) is 0 Å². The fourth-order valence-corrected chi connectivity index (χ4v) is 9.56. The third kappa shape index (κ3) is 56.9. The molecule has 6 nitrogen and oxygen atoms in total. The van der Waals surface area contributed by atoms with Gasteiger partial charge in [-0.1, -0.05) is 303 Å². The lowest BCUT2D eigenvalue weighted by Crippen LogP contribution is -2.30. The number of hydrogen-bond acceptors (Lipinski definition) is 6. The average molecular weight is 974 g/mol. The zero-order valence-electron chi connectivity index (χ0n) is 46.9. The summed E-state index contributed by atoms with van der Waals surface area (Å²) in [6.45, 7) is 6.69. The molecular formula is C63H120O6. The van der Waals surface area contributed by atoms with Gasteiger partial charge in [0, 0.05) is 19.3 Å². The number of ether oxygens (including phenoxy) is 3. The first-order chi connectivity index (χ1) is 34.0. The molecule has 1 unspecified atom stereocenters. The molecule has 0 saturated heterocycles. The van der Waals surface area contributed by atoms with Crippen molar-refractivity contribution >= 4 is 17.9 Å². The minimum Gasteiger partial charge on any atom is -0.462 e. The number of carbonyl (C=O) groups is 3. The standard InChI is InChI=1S/C63H120O6/c1-4-7-10-13-16-19-22-25-27-28-29-30-31-32-33-34-36-38-41-44-47-50-53-56-62(65)68-59-60(58-67-61(64)55-52-49-46-43-40-37-24-21-18-15-12-9-6-3)69-63(66)57-54-51-48-45-42-39-35-26-23-20-17-14-11-8-5-2/h26,35,60H,4-25,27-34,36-59H2,1-3H3/b35-26-. The Morgan fingerprint density at radius 2 is 0.478 bits per heavy atom. The molecule has 0 saturated carbocycles. The Bertz CT molecular complexity index is 1070. The number of esters is 3. The summed E-state index contributed by atoms with van der Waals surface area (Å²) < 4.78 is 16.9. The van der Waals surface area contributed by atoms with Crippen molar-refractivity contribution in [1.82, 2.24) is 0 Å². The fraction of sp³-hybridized carbons (Fsp3) is 0.921. The van der Waals surface area contributed by atoms with Crippen LogP contribution in [0.25, 0.3) is 0 Å². The van der Waals surface area contributed by atoms with E-state index >= 15 is 0 Å². The van der Waals surface area contributed by atoms with Gasteiger partial charge in [0.1, 0.15) is 13.2 Å². The van der Waals surface area contributed by atoms with Crippen LogP contribution in [0, 0.1) is 0 Å². The predicted molar refractivity (Wildman–Crippen MR) is 298 cm³/mol. The first kappa shape index (κ1) is 67.1. The molecule has 0 amide bonds. The van der Waals surface area contributed by atoms with E-state index in [1.807, 2.05) is 0 Å². The Hall–Kier alpha value is -1.85. The molecule has 69 heavy (non-hydrogen) atoms. The van der Waals surface area contributed by atoms with Crippen LogP contribution in [0.3, 0.4) is 0 Å². The monoisotopic (exact) mass is 973 g/mol. The number of carbonyl (C=O) groups excluding carboxylic acids is 3. The Morgan fingerprint density at radius 1 is 0.275 bits per heavy atom. The third-order valence-corrected chi connectivity index (χ3v) is 14.3. The summed E-state index contributed by atoms with van der Waals surface area (Å²) in [7, 11) is 0. The van der Waals surface area contributed by atoms with Crippen LogP contribution in [0.15, 0.2) is 12.2 Å². The minimum absolute atomic E-state index is 0.0671. The molecule has 0 aliphatic carbocycles. The second-order valence-corrected chi connectivity index (χ2v) is 21.3. The quantitative estimate of drug-likeness (QED) is 0.0261. The summed E-state index contributed by atoms with van der Waals surface area (Å²) in [5.74, 6) is -0.848. The van der Waals surface area contributed by atoms with E-state index in [-0.39, 0.29) is 31.1 Å². The second kappa shape index (κ2) is 58.7. The first-order valence-corrected chi connectivity index (χ1v) is 31.2. The van der Waals surface area contributed by atoms with E-state index in [9.17, 15) is 14.4 Å². The van der Waals surface area contributed by atoms with E-state index in [0.29, 0.717) is 19.3 Å². The van der Waals surface area contributed by atoms with Gasteiger partial charge in [-0.3, -0.25) is 14.4 Å². The Kier molecular flexibility index (Phi) is 57.1. The summed E-state index contributed by atoms with van der Waals surface area (Å²) in [6, 6.07) is 0. The first-order valence-electron chi connectivity index (χ1n) is 31.2. The summed E-state index contributed by atoms with van der Waals surface area (Å²) in [5.41, 5.74) is 0. The van der Waals surface area contributed by atoms with Crippen LogP contribution in [0.4, 0.5) is 0 Å². The lowest BCUT2D eigenvalue weighted by atomic mass is 10.0. The van der Waals surface area contributed by atoms with Gasteiger partial charge >= 0.3 is 17.9 Å². The summed E-state index contributed by atoms with van der Waals surface area (Å²) in [6.07, 6.45) is 67.9. The molecule has 0 fully saturated rings. The zero-order chi connectivity index (χ0) is 50.0. The van der Waals surface area contributed by atoms with Gasteiger partial charge in [-0.25, -0.2) is 0 Å². The molecule has 0 aromatic carbocycles. The smallest absolute Gasteiger partial charge is 0.306 e. The summed E-state index contributed by atoms with van der Waals surface area (Å²) in [5, 5.41) is 0. The average Bonchev–Trinajstić information content (AvgIpc) is 3.35. The molecule has 0 aromatic heterocycles. The Labute approximate surface area is 431 Å². The van der Waals surface area contributed by atoms with Crippen LogP contribution >= 0.6 is 0 Å². The van der Waals surface area contributed by atoms with E-state index in [4.69, 9.17) is 14.2 Å². The molecule has 0 bridgehead atoms. The Balaban J connectivity index is 4.23. The van der Waals surface area contributed by atoms with Crippen LogP contribution < -0.4 is 0 Å². The van der Waals surface area contributed by atoms with Crippen LogP contribution in [-0.4, -0.2) is 37.2 Å². The molecule has 0 radical (unpaired) electrons. The molecule has 0 aliphatic heterocycles. The molecule has 408 valence electrons. The highest BCUT2D eigenvalue weighted by atomic mass is 16.6. The number of allylic oxidation sites excluding steroid dienone is 2. The SMILES string of the molecule is CCCCCCCC/C=C\CCCCCCCC(=O)OC(COC(=O)CCCCCCCCCCCCCCC)COC(=O)CCCCCCCCCCCCCCCCCCCCCCCCC. The van der Waals surface area contributed by atoms with Crippen LogP contribution in [0.2, 0.25) is 0 Å². The number of rotatable bonds is 58. The van der Waals surface area contributed by atoms with Crippen molar-refractivity contribution in [2.75, 3.05) is 13.2 Å². The Morgan fingerprint density at radius 3 is 0.725 bits per heavy atom. The van der Waals surface area contributed by atoms with Crippen molar-refractivity contribution in [3.63, 3.8) is 0 Å². The van der Waals surface area contributed by atoms with Crippen LogP contribution in [-0.2, 0) is 28.6 Å². The van der Waals surface area contributed by atoms with Crippen LogP contribution in [0.1, 0.15) is 355 Å². The van der Waals surface area contributed by atoms with Gasteiger partial charge in [0.25, 0.3) is 0 Å². The predicted octanol–water partition coefficient (Wildman–Crippen LogP) is 20.9. The summed E-state index contributed by atoms with van der Waals surface area (Å²) in [4.78, 5) is 38.2. The van der Waals surface area contributed by atoms with Crippen molar-refractivity contribution in [2.24, 2.45) is 0 Å². The second-order valence-electron chi connectivity index (χ2n) is 21.3. The van der Waals surface area contributed by atoms with E-state index < -0.39 is 6.10 Å². The van der Waals surface area contributed by atoms with E-state index in [2.05, 4.69) is 32.9 Å². The van der Waals surface area contributed by atoms with E-state index in [1.54, 1.807) is 0 Å². The van der Waals surface area contributed by atoms with Crippen LogP contribution in [0.5, 0.6) is 0 Å². The van der Waals surface area contributed by atoms with E-state index in [0.717, 1.165) is 64.2 Å². The molecule has 0 heterocycles. The minimum atomic E-state index is -0.769. The topological polar surface area (TPSA) is 78.9 Å². The van der Waals surface area contributed by atoms with Gasteiger partial charge in [-0.15, -0.1) is 0 Å². The highest BCUT2D eigenvalue weighted by Crippen LogP contribution is 2.18. The van der Waals surface area contributed by atoms with E-state index in [1.165, 1.54) is 250 Å². The largest absolute Gasteiger partial charge is 0.462 e. The molecule has 0 aromatic rings. The van der Waals surface area contributed by atoms with Gasteiger partial charge < -0.3 is 14.2 Å². The molecule has 0 N–H and O–H groups in total. The molecule has 0 rings (SSSR count). The summed E-state index contributed by atoms with van der Waals surface area (Å²) >= 11 is 0. The maximum Gasteiger partial charge on any atom is 0.306 e. The number of hydrogen-bond donors (Lipinski definition) is 0. The molecule has 1 atom stereocenters. The van der Waals surface area contributed by atoms with Gasteiger partial charge in [-0.2, -0.15) is 0 Å². The highest BCUT2D eigenvalue weighted by Gasteiger charge is 2.19. The van der Waals surface area contributed by atoms with Gasteiger partial charge in [0.05, 0.1) is 0 Å². The molecule has 0 aliphatic rings. The van der Waals surface area contributed by atoms with Crippen molar-refractivity contribution in [3.05, 3.63) is 12.2 Å². The van der Waals surface area contributed by atoms with Crippen molar-refractivity contribution in [2.45, 2.75) is 361 Å². The van der Waals surface area contributed by atoms with Gasteiger partial charge in [0.2, 0.25) is 0 Å². The van der Waals surface area contributed by atoms with Crippen molar-refractivity contribution < 1.29 is 28.6 Å². The third-order valence-electron chi connectivity index (χ3n) is 14.3. The normalized spacial score (nSPS) is 12.0. The fourth-order valence-electron chi connectivity index (χ4n) is 9.56. The maximum atomic E-state index is 12.9. The molecule has 6 heteroatoms. The van der Waals surface area contributed by atoms with Crippen molar-refractivity contribution in [1.29, 1.82) is 0 Å². The maximum absolute atomic E-state index is 12.9. The number of unbranched alkanes of at least 4 members (excludes halogenated alkanes) is 45. The zero-order valence-corrected chi connectivity index (χ0v) is 46.9. The van der Waals surface area contributed by atoms with Gasteiger partial charge in [0.15, 0.2) is 6.10 Å². The highest BCUT2D eigenvalue weighted by molar-refractivity contribution is 5.71. The van der Waals surface area contributed by atoms with Gasteiger partial charge in [-0.05, 0) is 44.9 Å². The molecule has 0 spiro atoms. The lowest BCUT2D eigenvalue weighted by molar-refractivity contribution is -0.167. The molecular weight excluding hydrogens is 853 g/mol. The lowest BCUT2D eigenvalue weighted by Gasteiger charge is -2.18.